The van der Waals surface area contributed by atoms with E-state index in [4.69, 9.17) is 9.88 Å². The van der Waals surface area contributed by atoms with Crippen LogP contribution in [0.5, 0.6) is 0 Å². The van der Waals surface area contributed by atoms with Crippen molar-refractivity contribution in [1.82, 2.24) is 30.7 Å². The van der Waals surface area contributed by atoms with Gasteiger partial charge in [-0.15, -0.1) is 5.10 Å². The van der Waals surface area contributed by atoms with Crippen LogP contribution in [0.1, 0.15) is 12.8 Å². The van der Waals surface area contributed by atoms with Crippen molar-refractivity contribution < 1.29 is 26.7 Å². The zero-order valence-electron chi connectivity index (χ0n) is 17.6. The molecule has 2 aromatic rings. The summed E-state index contributed by atoms with van der Waals surface area (Å²) in [6.07, 6.45) is 0.673. The summed E-state index contributed by atoms with van der Waals surface area (Å²) in [5.41, 5.74) is 0.338. The highest BCUT2D eigenvalue weighted by molar-refractivity contribution is 7.92. The molecule has 33 heavy (non-hydrogen) atoms. The molecule has 0 spiro atoms. The van der Waals surface area contributed by atoms with E-state index in [1.165, 1.54) is 12.1 Å². The predicted molar refractivity (Wildman–Crippen MR) is 116 cm³/mol. The summed E-state index contributed by atoms with van der Waals surface area (Å²) in [6.45, 7) is 2.09. The number of sulfonamides is 2. The number of hydrogen-bond donors (Lipinski definition) is 5. The van der Waals surface area contributed by atoms with Gasteiger partial charge in [-0.1, -0.05) is 0 Å². The maximum Gasteiger partial charge on any atom is 0.242 e. The molecule has 2 saturated heterocycles. The second-order valence-corrected chi connectivity index (χ2v) is 11.0. The molecule has 3 heterocycles. The smallest absolute Gasteiger partial charge is 0.242 e. The van der Waals surface area contributed by atoms with Gasteiger partial charge in [0.2, 0.25) is 20.0 Å². The third-order valence-electron chi connectivity index (χ3n) is 5.57. The molecule has 0 radical (unpaired) electrons. The molecule has 1 unspecified atom stereocenters. The second kappa shape index (κ2) is 9.57. The number of nitrogens with two attached hydrogens (primary N) is 1. The van der Waals surface area contributed by atoms with Gasteiger partial charge in [0.15, 0.2) is 5.82 Å². The van der Waals surface area contributed by atoms with E-state index in [1.54, 1.807) is 0 Å². The first-order chi connectivity index (χ1) is 15.7. The lowest BCUT2D eigenvalue weighted by Gasteiger charge is -2.35. The Bertz CT molecular complexity index is 1180. The third-order valence-corrected chi connectivity index (χ3v) is 8.25. The number of nitrogens with zero attached hydrogens (tertiary/aromatic N) is 4. The lowest BCUT2D eigenvalue weighted by Crippen LogP contribution is -2.43. The average Bonchev–Trinajstić information content (AvgIpc) is 3.46. The van der Waals surface area contributed by atoms with E-state index in [-0.39, 0.29) is 30.1 Å². The number of tetrazole rings is 1. The maximum atomic E-state index is 13.2. The van der Waals surface area contributed by atoms with Gasteiger partial charge in [-0.25, -0.2) is 31.8 Å². The Morgan fingerprint density at radius 1 is 1.30 bits per heavy atom. The number of anilines is 1. The van der Waals surface area contributed by atoms with Crippen LogP contribution >= 0.6 is 0 Å². The van der Waals surface area contributed by atoms with Gasteiger partial charge < -0.3 is 20.1 Å². The monoisotopic (exact) mass is 502 g/mol. The third kappa shape index (κ3) is 5.16. The molecule has 182 valence electrons. The predicted octanol–water partition coefficient (Wildman–Crippen LogP) is -2.26. The number of morpholine rings is 1. The first kappa shape index (κ1) is 23.9. The first-order valence-corrected chi connectivity index (χ1v) is 13.4. The van der Waals surface area contributed by atoms with Crippen LogP contribution in [0.15, 0.2) is 21.9 Å². The van der Waals surface area contributed by atoms with Crippen LogP contribution in [-0.4, -0.2) is 94.1 Å². The lowest BCUT2D eigenvalue weighted by atomic mass is 10.1. The number of benzene rings is 1. The summed E-state index contributed by atoms with van der Waals surface area (Å²) in [5, 5.41) is 31.3. The van der Waals surface area contributed by atoms with Gasteiger partial charge in [-0.3, -0.25) is 0 Å². The number of hydrogen-bond acceptors (Lipinski definition) is 11. The van der Waals surface area contributed by atoms with Gasteiger partial charge in [0.25, 0.3) is 0 Å². The average molecular weight is 503 g/mol. The molecule has 16 heteroatoms. The van der Waals surface area contributed by atoms with E-state index in [9.17, 15) is 21.9 Å². The topological polar surface area (TPSA) is 206 Å². The number of H-pyrrole nitrogens is 1. The van der Waals surface area contributed by atoms with E-state index in [0.29, 0.717) is 51.3 Å². The van der Waals surface area contributed by atoms with E-state index < -0.39 is 29.8 Å². The highest BCUT2D eigenvalue weighted by atomic mass is 32.2. The van der Waals surface area contributed by atoms with Crippen molar-refractivity contribution in [3.05, 3.63) is 12.1 Å². The molecule has 6 N–H and O–H groups in total. The van der Waals surface area contributed by atoms with Crippen LogP contribution in [0, 0.1) is 0 Å². The van der Waals surface area contributed by atoms with Gasteiger partial charge in [0.1, 0.15) is 9.79 Å². The largest absolute Gasteiger partial charge is 0.396 e. The fourth-order valence-corrected chi connectivity index (χ4v) is 6.97. The summed E-state index contributed by atoms with van der Waals surface area (Å²) in [7, 11) is -8.79. The van der Waals surface area contributed by atoms with Crippen molar-refractivity contribution in [2.45, 2.75) is 34.8 Å². The fraction of sp³-hybridized carbons (Fsp3) is 0.588. The van der Waals surface area contributed by atoms with Gasteiger partial charge in [-0.2, -0.15) is 0 Å². The zero-order chi connectivity index (χ0) is 23.6. The fourth-order valence-electron chi connectivity index (χ4n) is 4.10. The zero-order valence-corrected chi connectivity index (χ0v) is 19.3. The van der Waals surface area contributed by atoms with E-state index in [0.717, 1.165) is 0 Å². The summed E-state index contributed by atoms with van der Waals surface area (Å²) >= 11 is 0. The molecule has 0 amide bonds. The van der Waals surface area contributed by atoms with Crippen LogP contribution < -0.4 is 20.1 Å². The molecule has 0 bridgehead atoms. The second-order valence-electron chi connectivity index (χ2n) is 7.84. The van der Waals surface area contributed by atoms with Crippen LogP contribution in [0.4, 0.5) is 5.69 Å². The molecule has 0 aliphatic carbocycles. The Labute approximate surface area is 191 Å². The molecule has 4 rings (SSSR count). The Morgan fingerprint density at radius 2 is 2.12 bits per heavy atom. The van der Waals surface area contributed by atoms with Crippen molar-refractivity contribution in [2.75, 3.05) is 44.3 Å². The Hall–Kier alpha value is -2.21. The van der Waals surface area contributed by atoms with Crippen molar-refractivity contribution in [2.24, 2.45) is 5.14 Å². The number of ether oxygens (including phenoxy) is 1. The molecule has 2 fully saturated rings. The summed E-state index contributed by atoms with van der Waals surface area (Å²) < 4.78 is 60.2. The Kier molecular flexibility index (Phi) is 6.94. The molecule has 1 aromatic carbocycles. The van der Waals surface area contributed by atoms with Gasteiger partial charge in [0, 0.05) is 38.0 Å². The van der Waals surface area contributed by atoms with E-state index >= 15 is 0 Å². The number of primary sulfonamides is 1. The molecule has 0 saturated carbocycles. The number of aliphatic hydroxyl groups excluding tert-OH is 1. The van der Waals surface area contributed by atoms with Crippen LogP contribution in [0.3, 0.4) is 0 Å². The number of aromatic nitrogens is 4. The standard InChI is InChI=1S/C17H26N8O6S2/c18-32(27,28)16-14(33(29,30)22-11-3-5-19-9-11)2-1-13(15(16)17-20-23-24-21-17)25-6-8-31-12(10-25)4-7-26/h1-2,11-12,19,22,26H,3-10H2,(H2,18,27,28)(H,20,21,23,24)/t11-,12?/m1/s1. The van der Waals surface area contributed by atoms with E-state index in [1.807, 2.05) is 4.90 Å². The Morgan fingerprint density at radius 3 is 2.76 bits per heavy atom. The van der Waals surface area contributed by atoms with Crippen molar-refractivity contribution in [3.63, 3.8) is 0 Å². The Balaban J connectivity index is 1.88. The normalized spacial score (nSPS) is 22.1. The van der Waals surface area contributed by atoms with Gasteiger partial charge >= 0.3 is 0 Å². The van der Waals surface area contributed by atoms with E-state index in [2.05, 4.69) is 30.7 Å². The highest BCUT2D eigenvalue weighted by Crippen LogP contribution is 2.39. The maximum absolute atomic E-state index is 13.2. The quantitative estimate of drug-likeness (QED) is 0.260. The van der Waals surface area contributed by atoms with Gasteiger partial charge in [-0.05, 0) is 41.9 Å². The minimum absolute atomic E-state index is 0.0421. The SMILES string of the molecule is NS(=O)(=O)c1c(S(=O)(=O)N[C@@H]2CCNC2)ccc(N2CCOC(CCO)C2)c1-c1nnn[nH]1. The van der Waals surface area contributed by atoms with Crippen molar-refractivity contribution >= 4 is 25.7 Å². The molecule has 1 aromatic heterocycles. The molecule has 2 aliphatic rings. The highest BCUT2D eigenvalue weighted by Gasteiger charge is 2.35. The minimum Gasteiger partial charge on any atom is -0.396 e. The van der Waals surface area contributed by atoms with Crippen LogP contribution in [0.2, 0.25) is 0 Å². The number of aliphatic hydroxyl groups is 1. The number of nitrogens with one attached hydrogen (secondary N) is 3. The summed E-state index contributed by atoms with van der Waals surface area (Å²) in [5.74, 6) is -0.0428. The first-order valence-electron chi connectivity index (χ1n) is 10.3. The minimum atomic E-state index is -4.54. The molecule has 2 aliphatic heterocycles. The molecule has 14 nitrogen and oxygen atoms in total. The van der Waals surface area contributed by atoms with Crippen LogP contribution in [0.25, 0.3) is 11.4 Å². The van der Waals surface area contributed by atoms with Gasteiger partial charge in [0.05, 0.1) is 18.3 Å². The molecular weight excluding hydrogens is 476 g/mol. The summed E-state index contributed by atoms with van der Waals surface area (Å²) in [4.78, 5) is 0.760. The molecular formula is C17H26N8O6S2. The summed E-state index contributed by atoms with van der Waals surface area (Å²) in [6, 6.07) is 2.36. The van der Waals surface area contributed by atoms with Crippen LogP contribution in [-0.2, 0) is 24.8 Å². The number of rotatable bonds is 8. The molecule has 2 atom stereocenters. The van der Waals surface area contributed by atoms with Crippen molar-refractivity contribution in [3.8, 4) is 11.4 Å². The lowest BCUT2D eigenvalue weighted by molar-refractivity contribution is 0.0247. The van der Waals surface area contributed by atoms with Crippen molar-refractivity contribution in [1.29, 1.82) is 0 Å². The number of aromatic amines is 1.